The highest BCUT2D eigenvalue weighted by atomic mass is 19.4. The van der Waals surface area contributed by atoms with Crippen molar-refractivity contribution in [2.45, 2.75) is 50.5 Å². The van der Waals surface area contributed by atoms with Crippen molar-refractivity contribution in [3.63, 3.8) is 0 Å². The van der Waals surface area contributed by atoms with Crippen LogP contribution in [0.1, 0.15) is 48.0 Å². The van der Waals surface area contributed by atoms with Gasteiger partial charge in [0.1, 0.15) is 23.6 Å². The van der Waals surface area contributed by atoms with E-state index in [0.29, 0.717) is 12.3 Å². The molecule has 2 fully saturated rings. The van der Waals surface area contributed by atoms with Crippen LogP contribution in [0, 0.1) is 5.92 Å². The van der Waals surface area contributed by atoms with Crippen LogP contribution in [0.4, 0.5) is 23.4 Å². The Labute approximate surface area is 220 Å². The molecule has 1 aliphatic carbocycles. The number of amides is 2. The van der Waals surface area contributed by atoms with Gasteiger partial charge in [0.05, 0.1) is 31.0 Å². The number of hydrogen-bond donors (Lipinski definition) is 2. The summed E-state index contributed by atoms with van der Waals surface area (Å²) in [6.45, 7) is -0.105. The maximum atomic E-state index is 14.9. The van der Waals surface area contributed by atoms with Crippen molar-refractivity contribution in [1.82, 2.24) is 29.8 Å². The lowest BCUT2D eigenvalue weighted by atomic mass is 10.0. The number of alkyl halides is 4. The Kier molecular flexibility index (Phi) is 7.03. The maximum absolute atomic E-state index is 14.9. The highest BCUT2D eigenvalue weighted by molar-refractivity contribution is 5.98. The van der Waals surface area contributed by atoms with Crippen molar-refractivity contribution < 1.29 is 31.9 Å². The van der Waals surface area contributed by atoms with Crippen LogP contribution >= 0.6 is 0 Å². The predicted molar refractivity (Wildman–Crippen MR) is 131 cm³/mol. The third-order valence-electron chi connectivity index (χ3n) is 7.33. The highest BCUT2D eigenvalue weighted by Crippen LogP contribution is 2.39. The van der Waals surface area contributed by atoms with Crippen LogP contribution in [0.5, 0.6) is 5.88 Å². The third kappa shape index (κ3) is 5.19. The average molecular weight is 550 g/mol. The Morgan fingerprint density at radius 1 is 1.18 bits per heavy atom. The molecule has 0 aromatic carbocycles. The summed E-state index contributed by atoms with van der Waals surface area (Å²) in [7, 11) is 1.28. The first kappa shape index (κ1) is 26.6. The van der Waals surface area contributed by atoms with Gasteiger partial charge in [-0.25, -0.2) is 18.9 Å². The summed E-state index contributed by atoms with van der Waals surface area (Å²) >= 11 is 0. The lowest BCUT2D eigenvalue weighted by Gasteiger charge is -2.19. The largest absolute Gasteiger partial charge is 0.480 e. The molecule has 0 radical (unpaired) electrons. The van der Waals surface area contributed by atoms with Crippen molar-refractivity contribution in [2.24, 2.45) is 5.92 Å². The van der Waals surface area contributed by atoms with Gasteiger partial charge in [0.25, 0.3) is 5.91 Å². The van der Waals surface area contributed by atoms with Crippen LogP contribution < -0.4 is 15.8 Å². The van der Waals surface area contributed by atoms with E-state index in [1.54, 1.807) is 0 Å². The fraction of sp³-hybridized carbons (Fsp3) is 0.480. The Morgan fingerprint density at radius 3 is 2.62 bits per heavy atom. The number of aromatic nitrogens is 4. The topological polar surface area (TPSA) is 128 Å². The van der Waals surface area contributed by atoms with Gasteiger partial charge in [-0.2, -0.15) is 18.3 Å². The van der Waals surface area contributed by atoms with E-state index in [1.807, 2.05) is 0 Å². The molecule has 3 aromatic heterocycles. The highest BCUT2D eigenvalue weighted by Gasteiger charge is 2.39. The van der Waals surface area contributed by atoms with Gasteiger partial charge in [0, 0.05) is 24.7 Å². The van der Waals surface area contributed by atoms with Crippen LogP contribution in [-0.2, 0) is 11.0 Å². The molecule has 1 saturated carbocycles. The van der Waals surface area contributed by atoms with Crippen molar-refractivity contribution in [1.29, 1.82) is 0 Å². The van der Waals surface area contributed by atoms with Crippen molar-refractivity contribution in [3.8, 4) is 17.1 Å². The van der Waals surface area contributed by atoms with E-state index >= 15 is 0 Å². The number of methoxy groups -OCH3 is 1. The fourth-order valence-corrected chi connectivity index (χ4v) is 5.35. The Bertz CT molecular complexity index is 1400. The van der Waals surface area contributed by atoms with E-state index in [4.69, 9.17) is 10.5 Å². The van der Waals surface area contributed by atoms with Crippen LogP contribution in [-0.4, -0.2) is 68.7 Å². The second-order valence-corrected chi connectivity index (χ2v) is 9.88. The number of pyridine rings is 1. The van der Waals surface area contributed by atoms with Gasteiger partial charge in [-0.15, -0.1) is 0 Å². The summed E-state index contributed by atoms with van der Waals surface area (Å²) in [6.07, 6.45) is 0.540. The Balaban J connectivity index is 1.40. The first-order valence-electron chi connectivity index (χ1n) is 12.5. The predicted octanol–water partition coefficient (Wildman–Crippen LogP) is 3.26. The molecule has 1 aliphatic heterocycles. The van der Waals surface area contributed by atoms with Crippen molar-refractivity contribution in [2.75, 3.05) is 25.9 Å². The minimum absolute atomic E-state index is 0.0162. The number of anilines is 1. The zero-order chi connectivity index (χ0) is 27.9. The summed E-state index contributed by atoms with van der Waals surface area (Å²) < 4.78 is 62.2. The maximum Gasteiger partial charge on any atom is 0.418 e. The number of nitrogens with zero attached hydrogens (tertiary/aromatic N) is 5. The van der Waals surface area contributed by atoms with E-state index in [2.05, 4.69) is 20.4 Å². The molecule has 2 aliphatic rings. The van der Waals surface area contributed by atoms with Gasteiger partial charge in [-0.1, -0.05) is 12.8 Å². The van der Waals surface area contributed by atoms with Gasteiger partial charge in [-0.05, 0) is 30.9 Å². The molecular formula is C25H27F4N7O3. The monoisotopic (exact) mass is 549 g/mol. The van der Waals surface area contributed by atoms with Gasteiger partial charge >= 0.3 is 6.18 Å². The number of ether oxygens (including phenoxy) is 1. The summed E-state index contributed by atoms with van der Waals surface area (Å²) in [4.78, 5) is 35.0. The fourth-order valence-electron chi connectivity index (χ4n) is 5.35. The lowest BCUT2D eigenvalue weighted by molar-refractivity contribution is -0.136. The molecule has 39 heavy (non-hydrogen) atoms. The summed E-state index contributed by atoms with van der Waals surface area (Å²) in [6, 6.07) is 1.16. The normalized spacial score (nSPS) is 20.1. The number of halogens is 4. The third-order valence-corrected chi connectivity index (χ3v) is 7.33. The molecule has 3 aromatic rings. The molecule has 10 nitrogen and oxygen atoms in total. The summed E-state index contributed by atoms with van der Waals surface area (Å²) in [5.74, 6) is -1.05. The number of hydrogen-bond acceptors (Lipinski definition) is 7. The van der Waals surface area contributed by atoms with Crippen LogP contribution in [0.15, 0.2) is 24.7 Å². The first-order chi connectivity index (χ1) is 18.6. The number of rotatable bonds is 6. The molecule has 2 atom stereocenters. The number of carbonyl (C=O) groups excluding carboxylic acids is 2. The van der Waals surface area contributed by atoms with Crippen LogP contribution in [0.25, 0.3) is 16.8 Å². The molecule has 2 amide bonds. The van der Waals surface area contributed by atoms with E-state index in [9.17, 15) is 27.2 Å². The zero-order valence-electron chi connectivity index (χ0n) is 21.0. The van der Waals surface area contributed by atoms with Gasteiger partial charge in [0.15, 0.2) is 5.82 Å². The van der Waals surface area contributed by atoms with E-state index in [0.717, 1.165) is 42.6 Å². The number of fused-ring (bicyclic) bond motifs is 1. The number of nitrogen functional groups attached to an aromatic ring is 1. The van der Waals surface area contributed by atoms with Gasteiger partial charge in [-0.3, -0.25) is 9.59 Å². The van der Waals surface area contributed by atoms with E-state index in [-0.39, 0.29) is 47.5 Å². The lowest BCUT2D eigenvalue weighted by Crippen LogP contribution is -2.42. The molecule has 3 N–H and O–H groups in total. The molecule has 0 spiro atoms. The van der Waals surface area contributed by atoms with Gasteiger partial charge < -0.3 is 20.7 Å². The second-order valence-electron chi connectivity index (χ2n) is 9.88. The molecule has 208 valence electrons. The van der Waals surface area contributed by atoms with E-state index < -0.39 is 35.4 Å². The smallest absolute Gasteiger partial charge is 0.418 e. The number of likely N-dealkylation sites (tertiary alicyclic amines) is 1. The minimum Gasteiger partial charge on any atom is -0.480 e. The number of carbonyl (C=O) groups is 2. The molecule has 0 unspecified atom stereocenters. The van der Waals surface area contributed by atoms with Crippen LogP contribution in [0.3, 0.4) is 0 Å². The molecule has 14 heteroatoms. The average Bonchev–Trinajstić information content (AvgIpc) is 3.63. The molecule has 5 rings (SSSR count). The standard InChI is InChI=1S/C25H27F4N7O3/c1-39-24-15(23(38)34-18-11-35(10-17(18)26)20(37)6-13-4-2-3-5-13)7-14(9-31-24)19-8-16(25(27,28)29)21-22(30)32-12-33-36(19)21/h7-9,12-13,17-18H,2-6,10-11H2,1H3,(H,34,38)(H2,30,32,33)/t17-,18+/m0/s1. The number of nitrogens with one attached hydrogen (secondary N) is 1. The van der Waals surface area contributed by atoms with E-state index in [1.165, 1.54) is 24.3 Å². The van der Waals surface area contributed by atoms with Gasteiger partial charge in [0.2, 0.25) is 11.8 Å². The second kappa shape index (κ2) is 10.3. The number of nitrogens with two attached hydrogens (primary N) is 1. The quantitative estimate of drug-likeness (QED) is 0.452. The Morgan fingerprint density at radius 2 is 1.92 bits per heavy atom. The minimum atomic E-state index is -4.75. The SMILES string of the molecule is COc1ncc(-c2cc(C(F)(F)F)c3c(N)ncnn23)cc1C(=O)N[C@@H]1CN(C(=O)CC2CCCC2)C[C@@H]1F. The zero-order valence-corrected chi connectivity index (χ0v) is 21.0. The molecular weight excluding hydrogens is 522 g/mol. The summed E-state index contributed by atoms with van der Waals surface area (Å²) in [5.41, 5.74) is 4.18. The Hall–Kier alpha value is -3.97. The van der Waals surface area contributed by atoms with Crippen LogP contribution in [0.2, 0.25) is 0 Å². The molecule has 1 saturated heterocycles. The van der Waals surface area contributed by atoms with Crippen molar-refractivity contribution in [3.05, 3.63) is 35.8 Å². The summed E-state index contributed by atoms with van der Waals surface area (Å²) in [5, 5.41) is 6.50. The van der Waals surface area contributed by atoms with Crippen molar-refractivity contribution >= 4 is 23.1 Å². The molecule has 4 heterocycles. The first-order valence-corrected chi connectivity index (χ1v) is 12.5. The molecule has 0 bridgehead atoms.